The molecule has 2 aliphatic carbocycles. The van der Waals surface area contributed by atoms with E-state index in [1.165, 1.54) is 25.7 Å². The molecular formula is C18H27N2O3S+. The first-order valence-electron chi connectivity index (χ1n) is 9.06. The normalized spacial score (nSPS) is 31.5. The number of quaternary nitrogens is 1. The topological polar surface area (TPSA) is 51.1 Å². The number of rotatable bonds is 4. The molecule has 1 heterocycles. The molecule has 0 radical (unpaired) electrons. The number of nitrogens with zero attached hydrogens (tertiary/aromatic N) is 1. The van der Waals surface area contributed by atoms with Gasteiger partial charge in [0.2, 0.25) is 10.0 Å². The summed E-state index contributed by atoms with van der Waals surface area (Å²) in [6.07, 6.45) is 5.60. The van der Waals surface area contributed by atoms with Gasteiger partial charge in [-0.25, -0.2) is 8.42 Å². The molecule has 1 saturated heterocycles. The Morgan fingerprint density at radius 2 is 1.79 bits per heavy atom. The number of ether oxygens (including phenoxy) is 1. The van der Waals surface area contributed by atoms with Crippen molar-refractivity contribution in [3.8, 4) is 5.75 Å². The number of fused-ring (bicyclic) bond motifs is 2. The first kappa shape index (κ1) is 16.4. The number of nitrogens with one attached hydrogen (secondary N) is 1. The lowest BCUT2D eigenvalue weighted by molar-refractivity contribution is -0.932. The number of piperazine rings is 1. The Balaban J connectivity index is 1.41. The summed E-state index contributed by atoms with van der Waals surface area (Å²) >= 11 is 0. The van der Waals surface area contributed by atoms with E-state index in [1.807, 2.05) is 0 Å². The van der Waals surface area contributed by atoms with Crippen LogP contribution in [0.1, 0.15) is 25.7 Å². The summed E-state index contributed by atoms with van der Waals surface area (Å²) < 4.78 is 32.4. The van der Waals surface area contributed by atoms with E-state index in [-0.39, 0.29) is 0 Å². The standard InChI is InChI=1S/C18H26N2O3S/c1-23-16-4-6-17(7-5-16)24(21,22)20-10-8-19(9-11-20)18-13-14-2-3-15(18)12-14/h4-7,14-15,18H,2-3,8-13H2,1H3/p+1/t14-,15+,18+/m0/s1. The zero-order valence-corrected chi connectivity index (χ0v) is 15.1. The van der Waals surface area contributed by atoms with Gasteiger partial charge >= 0.3 is 0 Å². The summed E-state index contributed by atoms with van der Waals surface area (Å²) in [5.74, 6) is 2.53. The Morgan fingerprint density at radius 1 is 1.08 bits per heavy atom. The largest absolute Gasteiger partial charge is 0.497 e. The molecule has 24 heavy (non-hydrogen) atoms. The van der Waals surface area contributed by atoms with Gasteiger partial charge in [0, 0.05) is 12.3 Å². The Labute approximate surface area is 144 Å². The van der Waals surface area contributed by atoms with Crippen molar-refractivity contribution in [2.75, 3.05) is 33.3 Å². The minimum absolute atomic E-state index is 0.367. The van der Waals surface area contributed by atoms with Gasteiger partial charge in [0.25, 0.3) is 0 Å². The van der Waals surface area contributed by atoms with Gasteiger partial charge in [0.05, 0.1) is 44.2 Å². The molecule has 5 nitrogen and oxygen atoms in total. The second-order valence-electron chi connectivity index (χ2n) is 7.52. The van der Waals surface area contributed by atoms with Crippen molar-refractivity contribution < 1.29 is 18.1 Å². The number of hydrogen-bond acceptors (Lipinski definition) is 3. The Kier molecular flexibility index (Phi) is 4.31. The second kappa shape index (κ2) is 6.32. The van der Waals surface area contributed by atoms with Crippen LogP contribution >= 0.6 is 0 Å². The van der Waals surface area contributed by atoms with Crippen molar-refractivity contribution in [1.82, 2.24) is 4.31 Å². The lowest BCUT2D eigenvalue weighted by Crippen LogP contribution is -3.18. The molecule has 4 rings (SSSR count). The molecule has 1 aliphatic heterocycles. The second-order valence-corrected chi connectivity index (χ2v) is 9.46. The molecular weight excluding hydrogens is 324 g/mol. The Morgan fingerprint density at radius 3 is 2.33 bits per heavy atom. The molecule has 132 valence electrons. The predicted octanol–water partition coefficient (Wildman–Crippen LogP) is 0.773. The van der Waals surface area contributed by atoms with E-state index in [0.717, 1.165) is 31.0 Å². The quantitative estimate of drug-likeness (QED) is 0.872. The van der Waals surface area contributed by atoms with Gasteiger partial charge in [-0.1, -0.05) is 0 Å². The summed E-state index contributed by atoms with van der Waals surface area (Å²) in [6, 6.07) is 7.49. The Bertz CT molecular complexity index is 681. The molecule has 3 fully saturated rings. The first-order valence-corrected chi connectivity index (χ1v) is 10.5. The summed E-state index contributed by atoms with van der Waals surface area (Å²) in [7, 11) is -1.80. The molecule has 2 saturated carbocycles. The minimum Gasteiger partial charge on any atom is -0.497 e. The molecule has 0 spiro atoms. The smallest absolute Gasteiger partial charge is 0.243 e. The lowest BCUT2D eigenvalue weighted by Gasteiger charge is -2.37. The molecule has 6 heteroatoms. The molecule has 3 aliphatic rings. The third-order valence-electron chi connectivity index (χ3n) is 6.32. The summed E-state index contributed by atoms with van der Waals surface area (Å²) in [4.78, 5) is 2.01. The molecule has 3 atom stereocenters. The highest BCUT2D eigenvalue weighted by molar-refractivity contribution is 7.89. The van der Waals surface area contributed by atoms with E-state index in [4.69, 9.17) is 4.74 Å². The van der Waals surface area contributed by atoms with Gasteiger partial charge in [0.15, 0.2) is 0 Å². The van der Waals surface area contributed by atoms with Gasteiger partial charge in [0.1, 0.15) is 5.75 Å². The van der Waals surface area contributed by atoms with Crippen LogP contribution in [0.25, 0.3) is 0 Å². The number of benzene rings is 1. The number of sulfonamides is 1. The van der Waals surface area contributed by atoms with E-state index in [9.17, 15) is 8.42 Å². The van der Waals surface area contributed by atoms with Crippen LogP contribution in [0, 0.1) is 11.8 Å². The number of hydrogen-bond donors (Lipinski definition) is 1. The zero-order valence-electron chi connectivity index (χ0n) is 14.3. The van der Waals surface area contributed by atoms with Crippen LogP contribution in [0.2, 0.25) is 0 Å². The number of methoxy groups -OCH3 is 1. The van der Waals surface area contributed by atoms with Crippen molar-refractivity contribution in [1.29, 1.82) is 0 Å². The fourth-order valence-electron chi connectivity index (χ4n) is 5.03. The van der Waals surface area contributed by atoms with Gasteiger partial charge in [-0.05, 0) is 49.4 Å². The third-order valence-corrected chi connectivity index (χ3v) is 8.24. The van der Waals surface area contributed by atoms with Crippen molar-refractivity contribution in [2.24, 2.45) is 11.8 Å². The molecule has 1 aromatic rings. The average molecular weight is 351 g/mol. The van der Waals surface area contributed by atoms with E-state index >= 15 is 0 Å². The maximum Gasteiger partial charge on any atom is 0.243 e. The van der Waals surface area contributed by atoms with Crippen LogP contribution in [-0.2, 0) is 10.0 Å². The van der Waals surface area contributed by atoms with Crippen molar-refractivity contribution in [3.05, 3.63) is 24.3 Å². The van der Waals surface area contributed by atoms with Crippen molar-refractivity contribution in [3.63, 3.8) is 0 Å². The van der Waals surface area contributed by atoms with Crippen molar-refractivity contribution in [2.45, 2.75) is 36.6 Å². The van der Waals surface area contributed by atoms with E-state index in [1.54, 1.807) is 40.6 Å². The van der Waals surface area contributed by atoms with E-state index in [0.29, 0.717) is 23.7 Å². The predicted molar refractivity (Wildman–Crippen MR) is 91.7 cm³/mol. The Hall–Kier alpha value is -1.11. The van der Waals surface area contributed by atoms with Crippen LogP contribution in [0.15, 0.2) is 29.2 Å². The van der Waals surface area contributed by atoms with Crippen LogP contribution in [0.4, 0.5) is 0 Å². The summed E-state index contributed by atoms with van der Waals surface area (Å²) in [5.41, 5.74) is 0. The minimum atomic E-state index is -3.38. The van der Waals surface area contributed by atoms with Crippen LogP contribution in [0.5, 0.6) is 5.75 Å². The highest BCUT2D eigenvalue weighted by Gasteiger charge is 2.46. The molecule has 0 unspecified atom stereocenters. The molecule has 1 N–H and O–H groups in total. The van der Waals surface area contributed by atoms with Crippen LogP contribution in [0.3, 0.4) is 0 Å². The monoisotopic (exact) mass is 351 g/mol. The van der Waals surface area contributed by atoms with Crippen LogP contribution in [-0.4, -0.2) is 52.1 Å². The van der Waals surface area contributed by atoms with Gasteiger partial charge < -0.3 is 9.64 Å². The first-order chi connectivity index (χ1) is 11.6. The van der Waals surface area contributed by atoms with Gasteiger partial charge in [-0.15, -0.1) is 0 Å². The van der Waals surface area contributed by atoms with Crippen LogP contribution < -0.4 is 9.64 Å². The fraction of sp³-hybridized carbons (Fsp3) is 0.667. The molecule has 0 aromatic heterocycles. The van der Waals surface area contributed by atoms with Gasteiger partial charge in [-0.2, -0.15) is 4.31 Å². The van der Waals surface area contributed by atoms with E-state index < -0.39 is 10.0 Å². The van der Waals surface area contributed by atoms with Gasteiger partial charge in [-0.3, -0.25) is 0 Å². The summed E-state index contributed by atoms with van der Waals surface area (Å²) in [6.45, 7) is 3.17. The highest BCUT2D eigenvalue weighted by Crippen LogP contribution is 2.43. The molecule has 2 bridgehead atoms. The SMILES string of the molecule is COc1ccc(S(=O)(=O)N2CC[NH+]([C@@H]3C[C@H]4CC[C@@H]3C4)CC2)cc1. The molecule has 0 amide bonds. The average Bonchev–Trinajstić information content (AvgIpc) is 3.25. The van der Waals surface area contributed by atoms with Crippen molar-refractivity contribution >= 4 is 10.0 Å². The summed E-state index contributed by atoms with van der Waals surface area (Å²) in [5, 5.41) is 0. The third kappa shape index (κ3) is 2.85. The molecule has 1 aromatic carbocycles. The lowest BCUT2D eigenvalue weighted by atomic mass is 9.93. The maximum atomic E-state index is 12.8. The maximum absolute atomic E-state index is 12.8. The fourth-order valence-corrected chi connectivity index (χ4v) is 6.47. The zero-order chi connectivity index (χ0) is 16.7. The highest BCUT2D eigenvalue weighted by atomic mass is 32.2. The van der Waals surface area contributed by atoms with E-state index in [2.05, 4.69) is 0 Å².